The van der Waals surface area contributed by atoms with Crippen LogP contribution < -0.4 is 5.73 Å². The van der Waals surface area contributed by atoms with E-state index in [9.17, 15) is 0 Å². The number of hydrogen-bond acceptors (Lipinski definition) is 3. The Hall–Kier alpha value is -1.48. The fourth-order valence-electron chi connectivity index (χ4n) is 0.656. The van der Waals surface area contributed by atoms with Crippen LogP contribution in [0.5, 0.6) is 0 Å². The molecular formula is C9H11NO2. The van der Waals surface area contributed by atoms with Gasteiger partial charge in [-0.3, -0.25) is 0 Å². The summed E-state index contributed by atoms with van der Waals surface area (Å²) in [4.78, 5) is 0. The van der Waals surface area contributed by atoms with Gasteiger partial charge in [-0.15, -0.1) is 0 Å². The molecule has 2 N–H and O–H groups in total. The standard InChI is InChI=1S/C5H7NO.C4H4O/c6-4-5-2-1-3-7-5;1-2-4-5-3-1/h1-3H,4,6H2;1-4H. The molecule has 0 amide bonds. The van der Waals surface area contributed by atoms with Crippen molar-refractivity contribution in [3.05, 3.63) is 48.8 Å². The summed E-state index contributed by atoms with van der Waals surface area (Å²) >= 11 is 0. The molecule has 0 unspecified atom stereocenters. The van der Waals surface area contributed by atoms with Crippen LogP contribution in [0.2, 0.25) is 0 Å². The third kappa shape index (κ3) is 3.07. The Morgan fingerprint density at radius 2 is 1.83 bits per heavy atom. The van der Waals surface area contributed by atoms with Crippen molar-refractivity contribution in [1.82, 2.24) is 0 Å². The molecule has 0 aliphatic carbocycles. The predicted molar refractivity (Wildman–Crippen MR) is 45.3 cm³/mol. The Bertz CT molecular complexity index is 243. The minimum absolute atomic E-state index is 0.493. The molecule has 0 spiro atoms. The third-order valence-electron chi connectivity index (χ3n) is 1.21. The average molecular weight is 165 g/mol. The molecule has 12 heavy (non-hydrogen) atoms. The van der Waals surface area contributed by atoms with E-state index in [0.717, 1.165) is 5.76 Å². The third-order valence-corrected chi connectivity index (χ3v) is 1.21. The summed E-state index contributed by atoms with van der Waals surface area (Å²) in [5, 5.41) is 0. The van der Waals surface area contributed by atoms with Crippen molar-refractivity contribution < 1.29 is 8.83 Å². The van der Waals surface area contributed by atoms with Gasteiger partial charge in [-0.1, -0.05) is 0 Å². The van der Waals surface area contributed by atoms with Crippen LogP contribution >= 0.6 is 0 Å². The molecule has 0 fully saturated rings. The van der Waals surface area contributed by atoms with Gasteiger partial charge in [-0.05, 0) is 24.3 Å². The number of rotatable bonds is 1. The van der Waals surface area contributed by atoms with E-state index in [2.05, 4.69) is 4.42 Å². The molecule has 2 aromatic heterocycles. The van der Waals surface area contributed by atoms with Crippen LogP contribution in [0, 0.1) is 0 Å². The molecule has 0 saturated heterocycles. The van der Waals surface area contributed by atoms with Gasteiger partial charge in [0.1, 0.15) is 5.76 Å². The van der Waals surface area contributed by atoms with Gasteiger partial charge in [0.15, 0.2) is 0 Å². The van der Waals surface area contributed by atoms with E-state index in [-0.39, 0.29) is 0 Å². The smallest absolute Gasteiger partial charge is 0.117 e. The molecule has 0 bridgehead atoms. The van der Waals surface area contributed by atoms with Crippen molar-refractivity contribution in [2.75, 3.05) is 0 Å². The summed E-state index contributed by atoms with van der Waals surface area (Å²) in [6.45, 7) is 0.493. The highest BCUT2D eigenvalue weighted by Crippen LogP contribution is 1.95. The van der Waals surface area contributed by atoms with Crippen molar-refractivity contribution in [2.24, 2.45) is 5.73 Å². The maximum absolute atomic E-state index is 5.20. The monoisotopic (exact) mass is 165 g/mol. The van der Waals surface area contributed by atoms with Gasteiger partial charge in [-0.25, -0.2) is 0 Å². The van der Waals surface area contributed by atoms with Crippen LogP contribution in [0.4, 0.5) is 0 Å². The molecule has 0 radical (unpaired) electrons. The Morgan fingerprint density at radius 1 is 1.08 bits per heavy atom. The minimum atomic E-state index is 0.493. The highest BCUT2D eigenvalue weighted by atomic mass is 16.3. The van der Waals surface area contributed by atoms with Crippen LogP contribution in [-0.4, -0.2) is 0 Å². The van der Waals surface area contributed by atoms with Gasteiger partial charge in [-0.2, -0.15) is 0 Å². The van der Waals surface area contributed by atoms with E-state index >= 15 is 0 Å². The summed E-state index contributed by atoms with van der Waals surface area (Å²) in [6.07, 6.45) is 4.86. The Kier molecular flexibility index (Phi) is 3.74. The molecule has 2 heterocycles. The highest BCUT2D eigenvalue weighted by molar-refractivity contribution is 4.96. The van der Waals surface area contributed by atoms with Gasteiger partial charge in [0.2, 0.25) is 0 Å². The normalized spacial score (nSPS) is 8.75. The summed E-state index contributed by atoms with van der Waals surface area (Å²) in [5.74, 6) is 0.833. The van der Waals surface area contributed by atoms with E-state index in [0.29, 0.717) is 6.54 Å². The lowest BCUT2D eigenvalue weighted by Gasteiger charge is -1.80. The fraction of sp³-hybridized carbons (Fsp3) is 0.111. The first-order valence-electron chi connectivity index (χ1n) is 3.63. The number of nitrogens with two attached hydrogens (primary N) is 1. The first kappa shape index (κ1) is 8.62. The molecule has 0 aliphatic heterocycles. The van der Waals surface area contributed by atoms with Crippen LogP contribution in [0.15, 0.2) is 51.9 Å². The van der Waals surface area contributed by atoms with E-state index in [1.807, 2.05) is 24.3 Å². The second-order valence-corrected chi connectivity index (χ2v) is 2.08. The maximum atomic E-state index is 5.20. The summed E-state index contributed by atoms with van der Waals surface area (Å²) in [7, 11) is 0. The molecule has 0 saturated carbocycles. The van der Waals surface area contributed by atoms with Gasteiger partial charge in [0, 0.05) is 0 Å². The van der Waals surface area contributed by atoms with Crippen LogP contribution in [0.3, 0.4) is 0 Å². The van der Waals surface area contributed by atoms with Crippen LogP contribution in [-0.2, 0) is 6.54 Å². The lowest BCUT2D eigenvalue weighted by molar-refractivity contribution is 0.512. The Morgan fingerprint density at radius 3 is 2.08 bits per heavy atom. The van der Waals surface area contributed by atoms with Gasteiger partial charge in [0.05, 0.1) is 25.3 Å². The first-order chi connectivity index (χ1) is 5.93. The zero-order valence-electron chi connectivity index (χ0n) is 6.64. The molecule has 2 rings (SSSR count). The highest BCUT2D eigenvalue weighted by Gasteiger charge is 1.84. The van der Waals surface area contributed by atoms with Crippen molar-refractivity contribution in [1.29, 1.82) is 0 Å². The van der Waals surface area contributed by atoms with Crippen molar-refractivity contribution >= 4 is 0 Å². The molecule has 3 heteroatoms. The van der Waals surface area contributed by atoms with Crippen molar-refractivity contribution in [3.8, 4) is 0 Å². The van der Waals surface area contributed by atoms with E-state index in [4.69, 9.17) is 10.2 Å². The summed E-state index contributed by atoms with van der Waals surface area (Å²) < 4.78 is 9.44. The molecule has 0 atom stereocenters. The second kappa shape index (κ2) is 5.21. The second-order valence-electron chi connectivity index (χ2n) is 2.08. The minimum Gasteiger partial charge on any atom is -0.473 e. The SMILES string of the molecule is NCc1ccco1.c1ccoc1. The van der Waals surface area contributed by atoms with E-state index in [1.165, 1.54) is 0 Å². The topological polar surface area (TPSA) is 52.3 Å². The lowest BCUT2D eigenvalue weighted by Crippen LogP contribution is -1.92. The summed E-state index contributed by atoms with van der Waals surface area (Å²) in [6, 6.07) is 7.34. The molecule has 64 valence electrons. The molecular weight excluding hydrogens is 154 g/mol. The van der Waals surface area contributed by atoms with Crippen molar-refractivity contribution in [2.45, 2.75) is 6.54 Å². The van der Waals surface area contributed by atoms with Crippen LogP contribution in [0.1, 0.15) is 5.76 Å². The van der Waals surface area contributed by atoms with E-state index in [1.54, 1.807) is 18.8 Å². The molecule has 3 nitrogen and oxygen atoms in total. The first-order valence-corrected chi connectivity index (χ1v) is 3.63. The Balaban J connectivity index is 0.000000127. The van der Waals surface area contributed by atoms with Gasteiger partial charge < -0.3 is 14.6 Å². The fourth-order valence-corrected chi connectivity index (χ4v) is 0.656. The zero-order valence-corrected chi connectivity index (χ0v) is 6.64. The van der Waals surface area contributed by atoms with E-state index < -0.39 is 0 Å². The van der Waals surface area contributed by atoms with Gasteiger partial charge in [0.25, 0.3) is 0 Å². The lowest BCUT2D eigenvalue weighted by atomic mass is 10.5. The number of hydrogen-bond donors (Lipinski definition) is 1. The molecule has 0 aliphatic rings. The Labute approximate surface area is 70.8 Å². The maximum Gasteiger partial charge on any atom is 0.117 e. The predicted octanol–water partition coefficient (Wildman–Crippen LogP) is 2.02. The summed E-state index contributed by atoms with van der Waals surface area (Å²) in [5.41, 5.74) is 5.20. The quantitative estimate of drug-likeness (QED) is 0.703. The van der Waals surface area contributed by atoms with Gasteiger partial charge >= 0.3 is 0 Å². The molecule has 0 aromatic carbocycles. The van der Waals surface area contributed by atoms with Crippen molar-refractivity contribution in [3.63, 3.8) is 0 Å². The average Bonchev–Trinajstić information content (AvgIpc) is 2.81. The largest absolute Gasteiger partial charge is 0.473 e. The van der Waals surface area contributed by atoms with Crippen LogP contribution in [0.25, 0.3) is 0 Å². The number of furan rings is 2. The molecule has 2 aromatic rings. The zero-order chi connectivity index (χ0) is 8.65.